The van der Waals surface area contributed by atoms with E-state index in [1.807, 2.05) is 6.92 Å². The van der Waals surface area contributed by atoms with Crippen LogP contribution < -0.4 is 10.5 Å². The molecule has 0 saturated heterocycles. The molecule has 1 heterocycles. The average Bonchev–Trinajstić information content (AvgIpc) is 2.63. The average molecular weight is 360 g/mol. The SMILES string of the molecule is C=CN(/C=C\C)c1cnn(-c2ccc(C(=O)OCC)cc2)c(=O)c1Cl. The maximum atomic E-state index is 12.5. The molecule has 0 spiro atoms. The Morgan fingerprint density at radius 1 is 1.40 bits per heavy atom. The smallest absolute Gasteiger partial charge is 0.338 e. The Labute approximate surface area is 150 Å². The topological polar surface area (TPSA) is 64.4 Å². The lowest BCUT2D eigenvalue weighted by Gasteiger charge is -2.16. The predicted molar refractivity (Wildman–Crippen MR) is 98.3 cm³/mol. The molecule has 6 nitrogen and oxygen atoms in total. The number of anilines is 1. The lowest BCUT2D eigenvalue weighted by molar-refractivity contribution is 0.0526. The highest BCUT2D eigenvalue weighted by atomic mass is 35.5. The van der Waals surface area contributed by atoms with E-state index in [1.165, 1.54) is 12.4 Å². The first-order chi connectivity index (χ1) is 12.0. The second-order valence-electron chi connectivity index (χ2n) is 4.90. The molecule has 0 radical (unpaired) electrons. The van der Waals surface area contributed by atoms with Gasteiger partial charge in [0, 0.05) is 12.4 Å². The van der Waals surface area contributed by atoms with Gasteiger partial charge in [-0.3, -0.25) is 4.79 Å². The van der Waals surface area contributed by atoms with Crippen LogP contribution in [0.2, 0.25) is 5.02 Å². The molecule has 0 atom stereocenters. The van der Waals surface area contributed by atoms with Crippen LogP contribution in [0.5, 0.6) is 0 Å². The number of hydrogen-bond donors (Lipinski definition) is 0. The first kappa shape index (κ1) is 18.5. The Bertz CT molecular complexity index is 857. The van der Waals surface area contributed by atoms with Crippen molar-refractivity contribution in [3.05, 3.63) is 76.5 Å². The molecule has 7 heteroatoms. The molecule has 130 valence electrons. The molecule has 0 aliphatic carbocycles. The van der Waals surface area contributed by atoms with E-state index in [0.717, 1.165) is 4.68 Å². The molecule has 0 unspecified atom stereocenters. The molecule has 0 fully saturated rings. The zero-order valence-corrected chi connectivity index (χ0v) is 14.7. The van der Waals surface area contributed by atoms with Crippen LogP contribution in [0.1, 0.15) is 24.2 Å². The van der Waals surface area contributed by atoms with Gasteiger partial charge in [-0.2, -0.15) is 9.78 Å². The summed E-state index contributed by atoms with van der Waals surface area (Å²) >= 11 is 6.21. The maximum Gasteiger partial charge on any atom is 0.338 e. The first-order valence-electron chi connectivity index (χ1n) is 7.62. The summed E-state index contributed by atoms with van der Waals surface area (Å²) in [6.45, 7) is 7.55. The zero-order valence-electron chi connectivity index (χ0n) is 14.0. The van der Waals surface area contributed by atoms with Crippen molar-refractivity contribution >= 4 is 23.3 Å². The minimum atomic E-state index is -0.473. The Morgan fingerprint density at radius 2 is 2.08 bits per heavy atom. The molecule has 0 bridgehead atoms. The molecular weight excluding hydrogens is 342 g/mol. The van der Waals surface area contributed by atoms with Crippen molar-refractivity contribution in [1.82, 2.24) is 9.78 Å². The van der Waals surface area contributed by atoms with Gasteiger partial charge in [-0.1, -0.05) is 24.3 Å². The van der Waals surface area contributed by atoms with Gasteiger partial charge in [0.05, 0.1) is 29.7 Å². The van der Waals surface area contributed by atoms with E-state index >= 15 is 0 Å². The quantitative estimate of drug-likeness (QED) is 0.738. The number of esters is 1. The number of hydrogen-bond acceptors (Lipinski definition) is 5. The van der Waals surface area contributed by atoms with Gasteiger partial charge in [0.1, 0.15) is 5.02 Å². The fraction of sp³-hybridized carbons (Fsp3) is 0.167. The minimum absolute atomic E-state index is 0.0162. The Kier molecular flexibility index (Phi) is 6.14. The fourth-order valence-electron chi connectivity index (χ4n) is 2.14. The molecule has 0 N–H and O–H groups in total. The molecular formula is C18H18ClN3O3. The summed E-state index contributed by atoms with van der Waals surface area (Å²) in [5.74, 6) is -0.421. The van der Waals surface area contributed by atoms with Crippen molar-refractivity contribution < 1.29 is 9.53 Å². The lowest BCUT2D eigenvalue weighted by atomic mass is 10.2. The molecule has 25 heavy (non-hydrogen) atoms. The number of carbonyl (C=O) groups excluding carboxylic acids is 1. The predicted octanol–water partition coefficient (Wildman–Crippen LogP) is 3.55. The standard InChI is InChI=1S/C18H18ClN3O3/c1-4-11-21(5-2)15-12-20-22(17(23)16(15)19)14-9-7-13(8-10-14)18(24)25-6-3/h4-5,7-12H,2,6H2,1,3H3/b11-4-. The van der Waals surface area contributed by atoms with Crippen LogP contribution in [0.15, 0.2) is 60.3 Å². The van der Waals surface area contributed by atoms with Gasteiger partial charge >= 0.3 is 5.97 Å². The number of benzene rings is 1. The molecule has 2 aromatic rings. The molecule has 0 amide bonds. The van der Waals surface area contributed by atoms with E-state index in [2.05, 4.69) is 11.7 Å². The van der Waals surface area contributed by atoms with Crippen molar-refractivity contribution in [2.75, 3.05) is 11.5 Å². The Morgan fingerprint density at radius 3 is 2.64 bits per heavy atom. The normalized spacial score (nSPS) is 10.7. The Hall–Kier alpha value is -2.86. The van der Waals surface area contributed by atoms with E-state index in [-0.39, 0.29) is 5.02 Å². The molecule has 0 saturated carbocycles. The summed E-state index contributed by atoms with van der Waals surface area (Å²) in [5, 5.41) is 4.17. The highest BCUT2D eigenvalue weighted by Crippen LogP contribution is 2.22. The van der Waals surface area contributed by atoms with Crippen molar-refractivity contribution in [2.24, 2.45) is 0 Å². The molecule has 1 aromatic heterocycles. The highest BCUT2D eigenvalue weighted by Gasteiger charge is 2.14. The second kappa shape index (κ2) is 8.30. The second-order valence-corrected chi connectivity index (χ2v) is 5.28. The van der Waals surface area contributed by atoms with E-state index in [0.29, 0.717) is 23.5 Å². The summed E-state index contributed by atoms with van der Waals surface area (Å²) in [5.41, 5.74) is 0.841. The maximum absolute atomic E-state index is 12.5. The van der Waals surface area contributed by atoms with Crippen LogP contribution in [0, 0.1) is 0 Å². The van der Waals surface area contributed by atoms with E-state index in [9.17, 15) is 9.59 Å². The van der Waals surface area contributed by atoms with E-state index < -0.39 is 11.5 Å². The number of carbonyl (C=O) groups is 1. The van der Waals surface area contributed by atoms with Crippen molar-refractivity contribution in [3.63, 3.8) is 0 Å². The van der Waals surface area contributed by atoms with E-state index in [4.69, 9.17) is 16.3 Å². The summed E-state index contributed by atoms with van der Waals surface area (Å²) in [6, 6.07) is 6.35. The number of halogens is 1. The number of rotatable bonds is 6. The molecule has 2 rings (SSSR count). The minimum Gasteiger partial charge on any atom is -0.462 e. The summed E-state index contributed by atoms with van der Waals surface area (Å²) in [6.07, 6.45) is 6.51. The summed E-state index contributed by atoms with van der Waals surface area (Å²) in [7, 11) is 0. The van der Waals surface area contributed by atoms with Crippen LogP contribution in [-0.2, 0) is 4.74 Å². The van der Waals surface area contributed by atoms with E-state index in [1.54, 1.807) is 48.4 Å². The molecule has 0 aliphatic heterocycles. The van der Waals surface area contributed by atoms with Gasteiger partial charge in [0.25, 0.3) is 5.56 Å². The zero-order chi connectivity index (χ0) is 18.4. The van der Waals surface area contributed by atoms with Crippen LogP contribution in [0.25, 0.3) is 5.69 Å². The number of aromatic nitrogens is 2. The van der Waals surface area contributed by atoms with Gasteiger partial charge in [-0.05, 0) is 38.1 Å². The molecule has 0 aliphatic rings. The summed E-state index contributed by atoms with van der Waals surface area (Å²) < 4.78 is 6.09. The third-order valence-electron chi connectivity index (χ3n) is 3.31. The number of ether oxygens (including phenoxy) is 1. The third-order valence-corrected chi connectivity index (χ3v) is 3.66. The number of allylic oxidation sites excluding steroid dienone is 1. The van der Waals surface area contributed by atoms with Gasteiger partial charge in [-0.25, -0.2) is 4.79 Å². The van der Waals surface area contributed by atoms with Gasteiger partial charge in [-0.15, -0.1) is 0 Å². The highest BCUT2D eigenvalue weighted by molar-refractivity contribution is 6.33. The van der Waals surface area contributed by atoms with Gasteiger partial charge in [0.15, 0.2) is 0 Å². The summed E-state index contributed by atoms with van der Waals surface area (Å²) in [4.78, 5) is 25.8. The van der Waals surface area contributed by atoms with Crippen LogP contribution in [-0.4, -0.2) is 22.4 Å². The van der Waals surface area contributed by atoms with Crippen LogP contribution in [0.3, 0.4) is 0 Å². The molecule has 1 aromatic carbocycles. The van der Waals surface area contributed by atoms with Crippen molar-refractivity contribution in [1.29, 1.82) is 0 Å². The largest absolute Gasteiger partial charge is 0.462 e. The van der Waals surface area contributed by atoms with Gasteiger partial charge in [0.2, 0.25) is 0 Å². The third kappa shape index (κ3) is 3.97. The van der Waals surface area contributed by atoms with Crippen molar-refractivity contribution in [2.45, 2.75) is 13.8 Å². The first-order valence-corrected chi connectivity index (χ1v) is 8.00. The fourth-order valence-corrected chi connectivity index (χ4v) is 2.37. The lowest BCUT2D eigenvalue weighted by Crippen LogP contribution is -2.24. The van der Waals surface area contributed by atoms with Gasteiger partial charge < -0.3 is 9.64 Å². The van der Waals surface area contributed by atoms with Crippen LogP contribution in [0.4, 0.5) is 5.69 Å². The number of nitrogens with zero attached hydrogens (tertiary/aromatic N) is 3. The van der Waals surface area contributed by atoms with Crippen molar-refractivity contribution in [3.8, 4) is 5.69 Å². The monoisotopic (exact) mass is 359 g/mol. The Balaban J connectivity index is 2.41. The van der Waals surface area contributed by atoms with Crippen LogP contribution >= 0.6 is 11.6 Å².